The van der Waals surface area contributed by atoms with Crippen LogP contribution in [0.25, 0.3) is 16.9 Å². The minimum atomic E-state index is 0.973. The Labute approximate surface area is 99.5 Å². The number of fused-ring (bicyclic) bond motifs is 1. The molecule has 0 fully saturated rings. The first-order valence-electron chi connectivity index (χ1n) is 5.59. The average molecular weight is 226 g/mol. The Balaban J connectivity index is 2.21. The summed E-state index contributed by atoms with van der Waals surface area (Å²) in [6.07, 6.45) is 6.08. The smallest absolute Gasteiger partial charge is 0.137 e. The van der Waals surface area contributed by atoms with Crippen molar-refractivity contribution in [3.05, 3.63) is 42.0 Å². The van der Waals surface area contributed by atoms with Gasteiger partial charge in [-0.25, -0.2) is 4.98 Å². The van der Waals surface area contributed by atoms with Gasteiger partial charge in [-0.15, -0.1) is 0 Å². The van der Waals surface area contributed by atoms with E-state index in [2.05, 4.69) is 29.1 Å². The Hall–Kier alpha value is -2.10. The van der Waals surface area contributed by atoms with E-state index >= 15 is 0 Å². The Bertz CT molecular complexity index is 691. The van der Waals surface area contributed by atoms with Gasteiger partial charge < -0.3 is 4.40 Å². The summed E-state index contributed by atoms with van der Waals surface area (Å²) in [6, 6.07) is 4.16. The highest BCUT2D eigenvalue weighted by molar-refractivity contribution is 5.64. The first-order chi connectivity index (χ1) is 8.13. The van der Waals surface area contributed by atoms with Gasteiger partial charge in [-0.2, -0.15) is 5.10 Å². The topological polar surface area (TPSA) is 35.1 Å². The van der Waals surface area contributed by atoms with Crippen LogP contribution in [0.5, 0.6) is 0 Å². The van der Waals surface area contributed by atoms with Gasteiger partial charge in [-0.1, -0.05) is 0 Å². The van der Waals surface area contributed by atoms with Gasteiger partial charge in [-0.3, -0.25) is 4.68 Å². The summed E-state index contributed by atoms with van der Waals surface area (Å²) >= 11 is 0. The molecule has 0 spiro atoms. The lowest BCUT2D eigenvalue weighted by Gasteiger charge is -1.92. The van der Waals surface area contributed by atoms with Crippen molar-refractivity contribution in [3.8, 4) is 11.3 Å². The van der Waals surface area contributed by atoms with E-state index in [-0.39, 0.29) is 0 Å². The van der Waals surface area contributed by atoms with Crippen LogP contribution in [-0.4, -0.2) is 19.2 Å². The van der Waals surface area contributed by atoms with Crippen molar-refractivity contribution in [3.63, 3.8) is 0 Å². The quantitative estimate of drug-likeness (QED) is 0.638. The third kappa shape index (κ3) is 1.62. The van der Waals surface area contributed by atoms with Crippen LogP contribution in [0.4, 0.5) is 0 Å². The molecule has 3 rings (SSSR count). The van der Waals surface area contributed by atoms with E-state index in [1.54, 1.807) is 0 Å². The maximum Gasteiger partial charge on any atom is 0.137 e. The summed E-state index contributed by atoms with van der Waals surface area (Å²) in [6.45, 7) is 4.08. The number of aromatic nitrogens is 4. The molecule has 0 saturated heterocycles. The molecule has 0 unspecified atom stereocenters. The monoisotopic (exact) mass is 226 g/mol. The van der Waals surface area contributed by atoms with E-state index in [9.17, 15) is 0 Å². The zero-order valence-corrected chi connectivity index (χ0v) is 10.2. The fourth-order valence-electron chi connectivity index (χ4n) is 2.06. The van der Waals surface area contributed by atoms with Gasteiger partial charge in [0.05, 0.1) is 11.4 Å². The molecule has 0 radical (unpaired) electrons. The van der Waals surface area contributed by atoms with Gasteiger partial charge in [0, 0.05) is 31.2 Å². The molecular formula is C13H14N4. The van der Waals surface area contributed by atoms with Crippen LogP contribution in [0.3, 0.4) is 0 Å². The molecule has 86 valence electrons. The molecule has 3 aromatic heterocycles. The second kappa shape index (κ2) is 3.45. The minimum Gasteiger partial charge on any atom is -0.306 e. The van der Waals surface area contributed by atoms with E-state index in [0.717, 1.165) is 22.6 Å². The SMILES string of the molecule is Cc1ccn2cc(-c3cn(C)nc3C)nc2c1. The molecule has 4 heteroatoms. The molecule has 0 saturated carbocycles. The molecule has 0 amide bonds. The van der Waals surface area contributed by atoms with E-state index in [4.69, 9.17) is 0 Å². The van der Waals surface area contributed by atoms with Gasteiger partial charge >= 0.3 is 0 Å². The fourth-order valence-corrected chi connectivity index (χ4v) is 2.06. The highest BCUT2D eigenvalue weighted by Crippen LogP contribution is 2.22. The largest absolute Gasteiger partial charge is 0.306 e. The van der Waals surface area contributed by atoms with Crippen molar-refractivity contribution < 1.29 is 0 Å². The predicted octanol–water partition coefficient (Wildman–Crippen LogP) is 2.35. The Morgan fingerprint density at radius 3 is 2.71 bits per heavy atom. The molecule has 0 atom stereocenters. The third-order valence-electron chi connectivity index (χ3n) is 2.91. The third-order valence-corrected chi connectivity index (χ3v) is 2.91. The van der Waals surface area contributed by atoms with Crippen molar-refractivity contribution in [2.75, 3.05) is 0 Å². The molecule has 4 nitrogen and oxygen atoms in total. The van der Waals surface area contributed by atoms with Crippen LogP contribution in [-0.2, 0) is 7.05 Å². The van der Waals surface area contributed by atoms with Crippen molar-refractivity contribution >= 4 is 5.65 Å². The van der Waals surface area contributed by atoms with E-state index in [1.807, 2.05) is 41.6 Å². The van der Waals surface area contributed by atoms with E-state index < -0.39 is 0 Å². The molecule has 3 heterocycles. The fraction of sp³-hybridized carbons (Fsp3) is 0.231. The molecule has 0 bridgehead atoms. The van der Waals surface area contributed by atoms with Crippen LogP contribution >= 0.6 is 0 Å². The first-order valence-corrected chi connectivity index (χ1v) is 5.59. The number of imidazole rings is 1. The molecular weight excluding hydrogens is 212 g/mol. The molecule has 0 aliphatic carbocycles. The number of hydrogen-bond donors (Lipinski definition) is 0. The van der Waals surface area contributed by atoms with Crippen LogP contribution in [0.2, 0.25) is 0 Å². The Kier molecular flexibility index (Phi) is 2.04. The molecule has 0 aliphatic heterocycles. The Morgan fingerprint density at radius 1 is 1.18 bits per heavy atom. The maximum absolute atomic E-state index is 4.63. The molecule has 17 heavy (non-hydrogen) atoms. The lowest BCUT2D eigenvalue weighted by atomic mass is 10.2. The number of rotatable bonds is 1. The lowest BCUT2D eigenvalue weighted by Crippen LogP contribution is -1.86. The molecule has 0 aromatic carbocycles. The summed E-state index contributed by atoms with van der Waals surface area (Å²) in [7, 11) is 1.93. The van der Waals surface area contributed by atoms with Gasteiger partial charge in [-0.05, 0) is 31.5 Å². The van der Waals surface area contributed by atoms with Crippen molar-refractivity contribution in [1.82, 2.24) is 19.2 Å². The van der Waals surface area contributed by atoms with Crippen LogP contribution in [0.15, 0.2) is 30.7 Å². The number of aryl methyl sites for hydroxylation is 3. The van der Waals surface area contributed by atoms with Gasteiger partial charge in [0.2, 0.25) is 0 Å². The standard InChI is InChI=1S/C13H14N4/c1-9-4-5-17-8-12(14-13(17)6-9)11-7-16(3)15-10(11)2/h4-8H,1-3H3. The van der Waals surface area contributed by atoms with E-state index in [1.165, 1.54) is 5.56 Å². The summed E-state index contributed by atoms with van der Waals surface area (Å²) in [4.78, 5) is 4.63. The number of hydrogen-bond acceptors (Lipinski definition) is 2. The van der Waals surface area contributed by atoms with Crippen molar-refractivity contribution in [2.24, 2.45) is 7.05 Å². The lowest BCUT2D eigenvalue weighted by molar-refractivity contribution is 0.756. The average Bonchev–Trinajstić information content (AvgIpc) is 2.80. The molecule has 0 N–H and O–H groups in total. The zero-order chi connectivity index (χ0) is 12.0. The normalized spacial score (nSPS) is 11.2. The van der Waals surface area contributed by atoms with Gasteiger partial charge in [0.15, 0.2) is 0 Å². The van der Waals surface area contributed by atoms with Crippen LogP contribution in [0, 0.1) is 13.8 Å². The van der Waals surface area contributed by atoms with Crippen LogP contribution in [0.1, 0.15) is 11.3 Å². The summed E-state index contributed by atoms with van der Waals surface area (Å²) in [5, 5.41) is 4.34. The summed E-state index contributed by atoms with van der Waals surface area (Å²) in [5.41, 5.74) is 5.27. The highest BCUT2D eigenvalue weighted by Gasteiger charge is 2.09. The molecule has 0 aliphatic rings. The predicted molar refractivity (Wildman–Crippen MR) is 66.9 cm³/mol. The minimum absolute atomic E-state index is 0.973. The van der Waals surface area contributed by atoms with E-state index in [0.29, 0.717) is 0 Å². The Morgan fingerprint density at radius 2 is 2.00 bits per heavy atom. The molecule has 3 aromatic rings. The second-order valence-electron chi connectivity index (χ2n) is 4.40. The number of nitrogens with zero attached hydrogens (tertiary/aromatic N) is 4. The first kappa shape index (κ1) is 10.1. The second-order valence-corrected chi connectivity index (χ2v) is 4.40. The summed E-state index contributed by atoms with van der Waals surface area (Å²) < 4.78 is 3.86. The summed E-state index contributed by atoms with van der Waals surface area (Å²) in [5.74, 6) is 0. The van der Waals surface area contributed by atoms with Gasteiger partial charge in [0.1, 0.15) is 5.65 Å². The highest BCUT2D eigenvalue weighted by atomic mass is 15.2. The number of pyridine rings is 1. The van der Waals surface area contributed by atoms with Crippen molar-refractivity contribution in [2.45, 2.75) is 13.8 Å². The van der Waals surface area contributed by atoms with Gasteiger partial charge in [0.25, 0.3) is 0 Å². The van der Waals surface area contributed by atoms with Crippen molar-refractivity contribution in [1.29, 1.82) is 0 Å². The maximum atomic E-state index is 4.63. The van der Waals surface area contributed by atoms with Crippen LogP contribution < -0.4 is 0 Å². The zero-order valence-electron chi connectivity index (χ0n) is 10.2.